The Labute approximate surface area is 113 Å². The maximum absolute atomic E-state index is 13.4. The highest BCUT2D eigenvalue weighted by Crippen LogP contribution is 2.30. The Kier molecular flexibility index (Phi) is 4.17. The van der Waals surface area contributed by atoms with Crippen LogP contribution in [0.15, 0.2) is 36.4 Å². The van der Waals surface area contributed by atoms with Crippen molar-refractivity contribution < 1.29 is 9.13 Å². The van der Waals surface area contributed by atoms with Gasteiger partial charge in [0.15, 0.2) is 0 Å². The molecular weight excluding hydrogens is 241 g/mol. The van der Waals surface area contributed by atoms with Crippen LogP contribution >= 0.6 is 0 Å². The van der Waals surface area contributed by atoms with E-state index in [4.69, 9.17) is 4.74 Å². The number of methoxy groups -OCH3 is 1. The molecular formula is C16H18FNO. The van der Waals surface area contributed by atoms with E-state index in [-0.39, 0.29) is 5.82 Å². The zero-order chi connectivity index (χ0) is 13.8. The Morgan fingerprint density at radius 3 is 2.47 bits per heavy atom. The van der Waals surface area contributed by atoms with Crippen LogP contribution in [0.5, 0.6) is 5.75 Å². The maximum Gasteiger partial charge on any atom is 0.123 e. The van der Waals surface area contributed by atoms with Crippen LogP contribution in [-0.2, 0) is 6.54 Å². The highest BCUT2D eigenvalue weighted by Gasteiger charge is 2.09. The van der Waals surface area contributed by atoms with Gasteiger partial charge in [0.25, 0.3) is 0 Å². The van der Waals surface area contributed by atoms with Gasteiger partial charge in [0, 0.05) is 6.54 Å². The third-order valence-corrected chi connectivity index (χ3v) is 3.16. The van der Waals surface area contributed by atoms with Crippen LogP contribution < -0.4 is 10.1 Å². The van der Waals surface area contributed by atoms with E-state index in [1.807, 2.05) is 38.2 Å². The summed E-state index contributed by atoms with van der Waals surface area (Å²) in [5.74, 6) is 0.624. The summed E-state index contributed by atoms with van der Waals surface area (Å²) >= 11 is 0. The van der Waals surface area contributed by atoms with E-state index in [1.54, 1.807) is 13.2 Å². The summed E-state index contributed by atoms with van der Waals surface area (Å²) in [5.41, 5.74) is 4.22. The highest BCUT2D eigenvalue weighted by molar-refractivity contribution is 5.71. The zero-order valence-corrected chi connectivity index (χ0v) is 11.5. The van der Waals surface area contributed by atoms with Crippen molar-refractivity contribution in [1.29, 1.82) is 0 Å². The third-order valence-electron chi connectivity index (χ3n) is 3.16. The lowest BCUT2D eigenvalue weighted by atomic mass is 9.95. The van der Waals surface area contributed by atoms with Gasteiger partial charge in [-0.2, -0.15) is 0 Å². The fourth-order valence-electron chi connectivity index (χ4n) is 2.23. The molecule has 1 N–H and O–H groups in total. The van der Waals surface area contributed by atoms with Gasteiger partial charge in [-0.05, 0) is 60.5 Å². The summed E-state index contributed by atoms with van der Waals surface area (Å²) in [5, 5.41) is 3.07. The van der Waals surface area contributed by atoms with Crippen molar-refractivity contribution in [2.24, 2.45) is 0 Å². The summed E-state index contributed by atoms with van der Waals surface area (Å²) in [4.78, 5) is 0. The number of hydrogen-bond donors (Lipinski definition) is 1. The molecule has 2 aromatic carbocycles. The first-order valence-corrected chi connectivity index (χ1v) is 6.23. The SMILES string of the molecule is CNCc1cc(F)ccc1-c1ccc(OC)cc1C. The maximum atomic E-state index is 13.4. The summed E-state index contributed by atoms with van der Waals surface area (Å²) in [7, 11) is 3.51. The Morgan fingerprint density at radius 2 is 1.84 bits per heavy atom. The molecule has 2 aromatic rings. The standard InChI is InChI=1S/C16H18FNO/c1-11-8-14(19-3)5-7-15(11)16-6-4-13(17)9-12(16)10-18-2/h4-9,18H,10H2,1-3H3. The normalized spacial score (nSPS) is 10.5. The number of benzene rings is 2. The smallest absolute Gasteiger partial charge is 0.123 e. The van der Waals surface area contributed by atoms with Crippen molar-refractivity contribution in [2.75, 3.05) is 14.2 Å². The first-order chi connectivity index (χ1) is 9.15. The van der Waals surface area contributed by atoms with Crippen molar-refractivity contribution in [3.8, 4) is 16.9 Å². The van der Waals surface area contributed by atoms with E-state index in [9.17, 15) is 4.39 Å². The molecule has 2 nitrogen and oxygen atoms in total. The average molecular weight is 259 g/mol. The molecule has 0 unspecified atom stereocenters. The predicted octanol–water partition coefficient (Wildman–Crippen LogP) is 3.53. The Balaban J connectivity index is 2.51. The summed E-state index contributed by atoms with van der Waals surface area (Å²) < 4.78 is 18.6. The van der Waals surface area contributed by atoms with Gasteiger partial charge in [0.05, 0.1) is 7.11 Å². The quantitative estimate of drug-likeness (QED) is 0.907. The number of halogens is 1. The molecule has 0 fully saturated rings. The second-order valence-electron chi connectivity index (χ2n) is 4.51. The molecule has 0 aliphatic carbocycles. The van der Waals surface area contributed by atoms with Gasteiger partial charge >= 0.3 is 0 Å². The van der Waals surface area contributed by atoms with Gasteiger partial charge in [-0.3, -0.25) is 0 Å². The van der Waals surface area contributed by atoms with E-state index in [0.29, 0.717) is 6.54 Å². The Morgan fingerprint density at radius 1 is 1.11 bits per heavy atom. The summed E-state index contributed by atoms with van der Waals surface area (Å²) in [6, 6.07) is 10.8. The molecule has 2 rings (SSSR count). The topological polar surface area (TPSA) is 21.3 Å². The lowest BCUT2D eigenvalue weighted by molar-refractivity contribution is 0.414. The van der Waals surface area contributed by atoms with Gasteiger partial charge in [0.1, 0.15) is 11.6 Å². The molecule has 0 radical (unpaired) electrons. The van der Waals surface area contributed by atoms with Crippen molar-refractivity contribution in [3.63, 3.8) is 0 Å². The van der Waals surface area contributed by atoms with Crippen molar-refractivity contribution >= 4 is 0 Å². The van der Waals surface area contributed by atoms with Gasteiger partial charge in [-0.1, -0.05) is 12.1 Å². The van der Waals surface area contributed by atoms with Crippen LogP contribution in [-0.4, -0.2) is 14.2 Å². The highest BCUT2D eigenvalue weighted by atomic mass is 19.1. The minimum absolute atomic E-state index is 0.208. The summed E-state index contributed by atoms with van der Waals surface area (Å²) in [6.07, 6.45) is 0. The number of rotatable bonds is 4. The fraction of sp³-hybridized carbons (Fsp3) is 0.250. The number of aryl methyl sites for hydroxylation is 1. The van der Waals surface area contributed by atoms with Crippen molar-refractivity contribution in [2.45, 2.75) is 13.5 Å². The second kappa shape index (κ2) is 5.85. The van der Waals surface area contributed by atoms with Crippen LogP contribution in [0.2, 0.25) is 0 Å². The van der Waals surface area contributed by atoms with Crippen molar-refractivity contribution in [3.05, 3.63) is 53.3 Å². The molecule has 0 amide bonds. The van der Waals surface area contributed by atoms with Crippen LogP contribution in [0.4, 0.5) is 4.39 Å². The van der Waals surface area contributed by atoms with E-state index in [2.05, 4.69) is 5.32 Å². The number of ether oxygens (including phenoxy) is 1. The monoisotopic (exact) mass is 259 g/mol. The fourth-order valence-corrected chi connectivity index (χ4v) is 2.23. The predicted molar refractivity (Wildman–Crippen MR) is 75.9 cm³/mol. The minimum Gasteiger partial charge on any atom is -0.497 e. The van der Waals surface area contributed by atoms with E-state index in [0.717, 1.165) is 28.0 Å². The molecule has 0 aliphatic rings. The average Bonchev–Trinajstić information content (AvgIpc) is 2.40. The molecule has 3 heteroatoms. The van der Waals surface area contributed by atoms with E-state index >= 15 is 0 Å². The lowest BCUT2D eigenvalue weighted by Gasteiger charge is -2.13. The van der Waals surface area contributed by atoms with Crippen LogP contribution in [0.1, 0.15) is 11.1 Å². The van der Waals surface area contributed by atoms with Crippen molar-refractivity contribution in [1.82, 2.24) is 5.32 Å². The molecule has 0 saturated heterocycles. The minimum atomic E-state index is -0.208. The van der Waals surface area contributed by atoms with E-state index in [1.165, 1.54) is 6.07 Å². The van der Waals surface area contributed by atoms with E-state index < -0.39 is 0 Å². The molecule has 0 bridgehead atoms. The van der Waals surface area contributed by atoms with Gasteiger partial charge in [-0.15, -0.1) is 0 Å². The van der Waals surface area contributed by atoms with Crippen LogP contribution in [0, 0.1) is 12.7 Å². The number of hydrogen-bond acceptors (Lipinski definition) is 2. The molecule has 19 heavy (non-hydrogen) atoms. The lowest BCUT2D eigenvalue weighted by Crippen LogP contribution is -2.07. The molecule has 0 spiro atoms. The first-order valence-electron chi connectivity index (χ1n) is 6.23. The molecule has 0 aromatic heterocycles. The summed E-state index contributed by atoms with van der Waals surface area (Å²) in [6.45, 7) is 2.67. The van der Waals surface area contributed by atoms with Crippen LogP contribution in [0.25, 0.3) is 11.1 Å². The second-order valence-corrected chi connectivity index (χ2v) is 4.51. The molecule has 0 saturated carbocycles. The number of nitrogens with one attached hydrogen (secondary N) is 1. The first kappa shape index (κ1) is 13.6. The Bertz CT molecular complexity index is 581. The van der Waals surface area contributed by atoms with Gasteiger partial charge in [0.2, 0.25) is 0 Å². The largest absolute Gasteiger partial charge is 0.497 e. The zero-order valence-electron chi connectivity index (χ0n) is 11.5. The van der Waals surface area contributed by atoms with Crippen LogP contribution in [0.3, 0.4) is 0 Å². The molecule has 0 aliphatic heterocycles. The molecule has 0 atom stereocenters. The molecule has 100 valence electrons. The van der Waals surface area contributed by atoms with Gasteiger partial charge < -0.3 is 10.1 Å². The molecule has 0 heterocycles. The third kappa shape index (κ3) is 2.93. The Hall–Kier alpha value is -1.87. The van der Waals surface area contributed by atoms with Gasteiger partial charge in [-0.25, -0.2) is 4.39 Å².